The first-order chi connectivity index (χ1) is 16.8. The number of anilines is 1. The Bertz CT molecular complexity index is 1010. The molecule has 0 N–H and O–H groups in total. The molecule has 2 aromatic rings. The zero-order chi connectivity index (χ0) is 24.9. The molecule has 4 rings (SSSR count). The van der Waals surface area contributed by atoms with Crippen LogP contribution >= 0.6 is 0 Å². The summed E-state index contributed by atoms with van der Waals surface area (Å²) in [7, 11) is 1.63. The van der Waals surface area contributed by atoms with Gasteiger partial charge in [0.15, 0.2) is 0 Å². The molecule has 2 saturated heterocycles. The van der Waals surface area contributed by atoms with E-state index in [4.69, 9.17) is 14.7 Å². The van der Waals surface area contributed by atoms with Crippen LogP contribution in [0, 0.1) is 22.7 Å². The van der Waals surface area contributed by atoms with Crippen LogP contribution in [-0.2, 0) is 22.2 Å². The number of alkyl halides is 3. The van der Waals surface area contributed by atoms with Gasteiger partial charge in [-0.2, -0.15) is 18.4 Å². The van der Waals surface area contributed by atoms with Gasteiger partial charge in [0, 0.05) is 38.3 Å². The highest BCUT2D eigenvalue weighted by Crippen LogP contribution is 2.47. The maximum absolute atomic E-state index is 13.6. The van der Waals surface area contributed by atoms with Crippen LogP contribution in [0.1, 0.15) is 29.5 Å². The van der Waals surface area contributed by atoms with Gasteiger partial charge in [0.25, 0.3) is 0 Å². The summed E-state index contributed by atoms with van der Waals surface area (Å²) in [6, 6.07) is 16.1. The Labute approximate surface area is 205 Å². The highest BCUT2D eigenvalue weighted by Gasteiger charge is 2.48. The lowest BCUT2D eigenvalue weighted by Gasteiger charge is -2.42. The van der Waals surface area contributed by atoms with Crippen molar-refractivity contribution in [3.05, 3.63) is 65.2 Å². The zero-order valence-corrected chi connectivity index (χ0v) is 20.1. The number of hydrogen-bond donors (Lipinski definition) is 0. The van der Waals surface area contributed by atoms with Gasteiger partial charge in [-0.05, 0) is 55.1 Å². The molecule has 2 aliphatic heterocycles. The van der Waals surface area contributed by atoms with Crippen molar-refractivity contribution in [1.82, 2.24) is 4.90 Å². The molecule has 1 atom stereocenters. The minimum atomic E-state index is -4.57. The zero-order valence-electron chi connectivity index (χ0n) is 20.1. The molecule has 1 unspecified atom stereocenters. The lowest BCUT2D eigenvalue weighted by Crippen LogP contribution is -2.45. The second-order valence-electron chi connectivity index (χ2n) is 9.61. The minimum Gasteiger partial charge on any atom is -0.382 e. The number of ether oxygens (including phenoxy) is 2. The number of rotatable bonds is 8. The summed E-state index contributed by atoms with van der Waals surface area (Å²) in [6.07, 6.45) is -2.63. The van der Waals surface area contributed by atoms with E-state index in [0.717, 1.165) is 38.5 Å². The number of nitrogens with zero attached hydrogens (tertiary/aromatic N) is 3. The molecular weight excluding hydrogens is 455 g/mol. The number of likely N-dealkylation sites (tertiary alicyclic amines) is 1. The molecular formula is C27H32F3N3O2. The fraction of sp³-hybridized carbons (Fsp3) is 0.519. The average Bonchev–Trinajstić information content (AvgIpc) is 3.21. The molecule has 0 radical (unpaired) electrons. The summed E-state index contributed by atoms with van der Waals surface area (Å²) in [6.45, 7) is 5.68. The Morgan fingerprint density at radius 2 is 1.83 bits per heavy atom. The SMILES string of the molecule is COCCOCC1CN(c2ccc(C#N)c(C(F)(F)F)c2)CC12CCN(Cc1ccccc1)CC2. The minimum absolute atomic E-state index is 0.0213. The van der Waals surface area contributed by atoms with Gasteiger partial charge in [-0.25, -0.2) is 0 Å². The Morgan fingerprint density at radius 3 is 2.49 bits per heavy atom. The van der Waals surface area contributed by atoms with Crippen molar-refractivity contribution >= 4 is 5.69 Å². The van der Waals surface area contributed by atoms with Crippen LogP contribution in [-0.4, -0.2) is 58.0 Å². The highest BCUT2D eigenvalue weighted by molar-refractivity contribution is 5.56. The molecule has 8 heteroatoms. The molecule has 1 spiro atoms. The van der Waals surface area contributed by atoms with E-state index in [2.05, 4.69) is 29.2 Å². The van der Waals surface area contributed by atoms with Crippen LogP contribution < -0.4 is 4.90 Å². The van der Waals surface area contributed by atoms with Gasteiger partial charge in [-0.3, -0.25) is 4.90 Å². The van der Waals surface area contributed by atoms with E-state index in [9.17, 15) is 13.2 Å². The van der Waals surface area contributed by atoms with Gasteiger partial charge in [0.05, 0.1) is 37.0 Å². The number of nitriles is 1. The molecule has 0 amide bonds. The fourth-order valence-corrected chi connectivity index (χ4v) is 5.45. The Hall–Kier alpha value is -2.60. The molecule has 0 bridgehead atoms. The van der Waals surface area contributed by atoms with E-state index in [1.54, 1.807) is 19.2 Å². The van der Waals surface area contributed by atoms with E-state index in [-0.39, 0.29) is 16.9 Å². The van der Waals surface area contributed by atoms with E-state index in [1.807, 2.05) is 11.0 Å². The maximum Gasteiger partial charge on any atom is 0.417 e. The second-order valence-corrected chi connectivity index (χ2v) is 9.61. The standard InChI is InChI=1S/C27H32F3N3O2/c1-34-13-14-35-19-23-18-33(24-8-7-22(16-31)25(15-24)27(28,29)30)20-26(23)9-11-32(12-10-26)17-21-5-3-2-4-6-21/h2-8,15,23H,9-14,17-20H2,1H3. The first-order valence-electron chi connectivity index (χ1n) is 12.0. The normalized spacial score (nSPS) is 20.3. The lowest BCUT2D eigenvalue weighted by molar-refractivity contribution is -0.137. The lowest BCUT2D eigenvalue weighted by atomic mass is 9.71. The Morgan fingerprint density at radius 1 is 1.09 bits per heavy atom. The van der Waals surface area contributed by atoms with Crippen molar-refractivity contribution in [1.29, 1.82) is 5.26 Å². The third-order valence-corrected chi connectivity index (χ3v) is 7.46. The van der Waals surface area contributed by atoms with Gasteiger partial charge in [0.2, 0.25) is 0 Å². The van der Waals surface area contributed by atoms with Gasteiger partial charge in [0.1, 0.15) is 0 Å². The monoisotopic (exact) mass is 487 g/mol. The van der Waals surface area contributed by atoms with Crippen molar-refractivity contribution in [2.24, 2.45) is 11.3 Å². The smallest absolute Gasteiger partial charge is 0.382 e. The van der Waals surface area contributed by atoms with Crippen LogP contribution in [0.5, 0.6) is 0 Å². The number of halogens is 3. The first-order valence-corrected chi connectivity index (χ1v) is 12.0. The number of benzene rings is 2. The van der Waals surface area contributed by atoms with Crippen molar-refractivity contribution in [3.63, 3.8) is 0 Å². The summed E-state index contributed by atoms with van der Waals surface area (Å²) in [4.78, 5) is 4.50. The van der Waals surface area contributed by atoms with Crippen LogP contribution in [0.3, 0.4) is 0 Å². The second kappa shape index (κ2) is 11.0. The maximum atomic E-state index is 13.6. The van der Waals surface area contributed by atoms with Crippen molar-refractivity contribution in [3.8, 4) is 6.07 Å². The number of piperidine rings is 1. The third-order valence-electron chi connectivity index (χ3n) is 7.46. The van der Waals surface area contributed by atoms with E-state index in [1.165, 1.54) is 11.6 Å². The summed E-state index contributed by atoms with van der Waals surface area (Å²) < 4.78 is 51.8. The molecule has 5 nitrogen and oxygen atoms in total. The van der Waals surface area contributed by atoms with Crippen molar-refractivity contribution in [2.75, 3.05) is 58.0 Å². The molecule has 0 aromatic heterocycles. The van der Waals surface area contributed by atoms with Crippen LogP contribution in [0.2, 0.25) is 0 Å². The predicted molar refractivity (Wildman–Crippen MR) is 128 cm³/mol. The molecule has 2 aromatic carbocycles. The number of hydrogen-bond acceptors (Lipinski definition) is 5. The summed E-state index contributed by atoms with van der Waals surface area (Å²) in [5.41, 5.74) is 0.565. The molecule has 2 fully saturated rings. The largest absolute Gasteiger partial charge is 0.417 e. The van der Waals surface area contributed by atoms with Gasteiger partial charge in [-0.15, -0.1) is 0 Å². The topological polar surface area (TPSA) is 48.7 Å². The van der Waals surface area contributed by atoms with E-state index < -0.39 is 11.7 Å². The first kappa shape index (κ1) is 25.5. The molecule has 0 aliphatic carbocycles. The summed E-state index contributed by atoms with van der Waals surface area (Å²) >= 11 is 0. The molecule has 2 heterocycles. The highest BCUT2D eigenvalue weighted by atomic mass is 19.4. The van der Waals surface area contributed by atoms with Crippen molar-refractivity contribution in [2.45, 2.75) is 25.6 Å². The number of methoxy groups -OCH3 is 1. The summed E-state index contributed by atoms with van der Waals surface area (Å²) in [5, 5.41) is 9.16. The molecule has 188 valence electrons. The quantitative estimate of drug-likeness (QED) is 0.493. The average molecular weight is 488 g/mol. The van der Waals surface area contributed by atoms with Crippen LogP contribution in [0.25, 0.3) is 0 Å². The Balaban J connectivity index is 1.51. The van der Waals surface area contributed by atoms with Gasteiger partial charge >= 0.3 is 6.18 Å². The van der Waals surface area contributed by atoms with Crippen molar-refractivity contribution < 1.29 is 22.6 Å². The predicted octanol–water partition coefficient (Wildman–Crippen LogP) is 4.96. The fourth-order valence-electron chi connectivity index (χ4n) is 5.45. The van der Waals surface area contributed by atoms with Gasteiger partial charge in [-0.1, -0.05) is 30.3 Å². The van der Waals surface area contributed by atoms with E-state index in [0.29, 0.717) is 38.6 Å². The molecule has 35 heavy (non-hydrogen) atoms. The molecule has 0 saturated carbocycles. The van der Waals surface area contributed by atoms with Gasteiger partial charge < -0.3 is 14.4 Å². The Kier molecular flexibility index (Phi) is 8.00. The van der Waals surface area contributed by atoms with Crippen LogP contribution in [0.15, 0.2) is 48.5 Å². The third kappa shape index (κ3) is 5.97. The van der Waals surface area contributed by atoms with E-state index >= 15 is 0 Å². The molecule has 2 aliphatic rings. The summed E-state index contributed by atoms with van der Waals surface area (Å²) in [5.74, 6) is 0.211. The van der Waals surface area contributed by atoms with Crippen LogP contribution in [0.4, 0.5) is 18.9 Å².